The summed E-state index contributed by atoms with van der Waals surface area (Å²) in [6.45, 7) is 0.559. The molecule has 0 spiro atoms. The standard InChI is InChI=1S/C29H24N6O2/c36-27(35-29-33-25-7-3-4-8-26(25)34-29)18-37-22-15-9-19(10-16-22)17-30-21-13-11-20(12-14-21)28-31-23-5-1-2-6-24(23)32-28/h1-16,30H,17-18H2,(H,31,32)(H2,33,34,35,36). The van der Waals surface area contributed by atoms with Crippen LogP contribution in [0.25, 0.3) is 33.5 Å². The molecule has 182 valence electrons. The topological polar surface area (TPSA) is 108 Å². The molecule has 0 radical (unpaired) electrons. The number of hydrogen-bond donors (Lipinski definition) is 4. The number of hydrogen-bond acceptors (Lipinski definition) is 5. The number of anilines is 2. The molecular formula is C29H24N6O2. The van der Waals surface area contributed by atoms with Crippen LogP contribution in [-0.4, -0.2) is 32.4 Å². The molecule has 6 aromatic rings. The van der Waals surface area contributed by atoms with E-state index >= 15 is 0 Å². The van der Waals surface area contributed by atoms with E-state index in [9.17, 15) is 4.79 Å². The molecule has 8 heteroatoms. The van der Waals surface area contributed by atoms with Gasteiger partial charge in [-0.25, -0.2) is 9.97 Å². The van der Waals surface area contributed by atoms with Gasteiger partial charge in [0.1, 0.15) is 11.6 Å². The number of H-pyrrole nitrogens is 2. The molecule has 2 aromatic heterocycles. The Morgan fingerprint density at radius 3 is 2.14 bits per heavy atom. The average Bonchev–Trinajstić information content (AvgIpc) is 3.55. The largest absolute Gasteiger partial charge is 0.484 e. The first kappa shape index (κ1) is 22.4. The van der Waals surface area contributed by atoms with E-state index in [1.807, 2.05) is 97.1 Å². The summed E-state index contributed by atoms with van der Waals surface area (Å²) < 4.78 is 5.63. The third-order valence-corrected chi connectivity index (χ3v) is 5.98. The molecule has 0 saturated carbocycles. The number of benzene rings is 4. The normalized spacial score (nSPS) is 11.0. The van der Waals surface area contributed by atoms with Crippen LogP contribution < -0.4 is 15.4 Å². The fraction of sp³-hybridized carbons (Fsp3) is 0.0690. The Morgan fingerprint density at radius 1 is 0.757 bits per heavy atom. The lowest BCUT2D eigenvalue weighted by Gasteiger charge is -2.09. The number of rotatable bonds is 8. The van der Waals surface area contributed by atoms with Crippen LogP contribution in [0.5, 0.6) is 5.75 Å². The fourth-order valence-corrected chi connectivity index (χ4v) is 4.07. The zero-order valence-corrected chi connectivity index (χ0v) is 19.9. The molecule has 8 nitrogen and oxygen atoms in total. The van der Waals surface area contributed by atoms with Gasteiger partial charge < -0.3 is 20.0 Å². The van der Waals surface area contributed by atoms with Crippen molar-refractivity contribution in [3.8, 4) is 17.1 Å². The second-order valence-corrected chi connectivity index (χ2v) is 8.62. The van der Waals surface area contributed by atoms with Crippen LogP contribution in [0, 0.1) is 0 Å². The number of nitrogens with one attached hydrogen (secondary N) is 4. The maximum absolute atomic E-state index is 12.2. The zero-order valence-electron chi connectivity index (χ0n) is 19.9. The van der Waals surface area contributed by atoms with Gasteiger partial charge in [0.2, 0.25) is 5.95 Å². The molecule has 0 atom stereocenters. The SMILES string of the molecule is O=C(COc1ccc(CNc2ccc(-c3nc4ccccc4[nH]3)cc2)cc1)Nc1nc2ccccc2[nH]1. The van der Waals surface area contributed by atoms with E-state index in [0.717, 1.165) is 44.7 Å². The number of aromatic amines is 2. The van der Waals surface area contributed by atoms with Crippen LogP contribution in [0.2, 0.25) is 0 Å². The quantitative estimate of drug-likeness (QED) is 0.219. The minimum atomic E-state index is -0.282. The summed E-state index contributed by atoms with van der Waals surface area (Å²) in [7, 11) is 0. The molecule has 1 amide bonds. The van der Waals surface area contributed by atoms with Crippen molar-refractivity contribution in [1.29, 1.82) is 0 Å². The minimum absolute atomic E-state index is 0.105. The van der Waals surface area contributed by atoms with Gasteiger partial charge in [0, 0.05) is 17.8 Å². The van der Waals surface area contributed by atoms with E-state index in [4.69, 9.17) is 4.74 Å². The summed E-state index contributed by atoms with van der Waals surface area (Å²) in [5.74, 6) is 1.60. The van der Waals surface area contributed by atoms with Crippen molar-refractivity contribution in [2.75, 3.05) is 17.2 Å². The molecule has 0 bridgehead atoms. The molecule has 0 aliphatic carbocycles. The summed E-state index contributed by atoms with van der Waals surface area (Å²) in [5.41, 5.74) is 6.79. The maximum atomic E-state index is 12.2. The van der Waals surface area contributed by atoms with Crippen molar-refractivity contribution < 1.29 is 9.53 Å². The number of ether oxygens (including phenoxy) is 1. The lowest BCUT2D eigenvalue weighted by atomic mass is 10.2. The van der Waals surface area contributed by atoms with Gasteiger partial charge in [0.15, 0.2) is 6.61 Å². The van der Waals surface area contributed by atoms with Crippen molar-refractivity contribution in [2.24, 2.45) is 0 Å². The van der Waals surface area contributed by atoms with Gasteiger partial charge in [-0.15, -0.1) is 0 Å². The molecule has 4 N–H and O–H groups in total. The smallest absolute Gasteiger partial charge is 0.264 e. The average molecular weight is 489 g/mol. The van der Waals surface area contributed by atoms with Crippen LogP contribution >= 0.6 is 0 Å². The lowest BCUT2D eigenvalue weighted by Crippen LogP contribution is -2.20. The number of carbonyl (C=O) groups is 1. The third-order valence-electron chi connectivity index (χ3n) is 5.98. The monoisotopic (exact) mass is 488 g/mol. The van der Waals surface area contributed by atoms with Crippen LogP contribution in [0.15, 0.2) is 97.1 Å². The van der Waals surface area contributed by atoms with E-state index in [-0.39, 0.29) is 12.5 Å². The van der Waals surface area contributed by atoms with E-state index in [1.165, 1.54) is 0 Å². The number of fused-ring (bicyclic) bond motifs is 2. The minimum Gasteiger partial charge on any atom is -0.484 e. The molecule has 4 aromatic carbocycles. The van der Waals surface area contributed by atoms with E-state index in [1.54, 1.807) is 0 Å². The first-order valence-electron chi connectivity index (χ1n) is 11.9. The predicted molar refractivity (Wildman–Crippen MR) is 146 cm³/mol. The van der Waals surface area contributed by atoms with Gasteiger partial charge in [-0.3, -0.25) is 10.1 Å². The summed E-state index contributed by atoms with van der Waals surface area (Å²) in [6, 6.07) is 31.4. The van der Waals surface area contributed by atoms with Crippen LogP contribution in [0.1, 0.15) is 5.56 Å². The Hall–Kier alpha value is -5.11. The molecule has 37 heavy (non-hydrogen) atoms. The Labute approximate surface area is 212 Å². The van der Waals surface area contributed by atoms with Gasteiger partial charge >= 0.3 is 0 Å². The summed E-state index contributed by atoms with van der Waals surface area (Å²) in [4.78, 5) is 27.7. The second kappa shape index (κ2) is 9.87. The summed E-state index contributed by atoms with van der Waals surface area (Å²) >= 11 is 0. The van der Waals surface area contributed by atoms with Crippen molar-refractivity contribution >= 4 is 39.6 Å². The van der Waals surface area contributed by atoms with Crippen LogP contribution in [0.3, 0.4) is 0 Å². The third kappa shape index (κ3) is 5.13. The number of amides is 1. The van der Waals surface area contributed by atoms with E-state index in [2.05, 4.69) is 30.6 Å². The molecule has 6 rings (SSSR count). The molecule has 0 fully saturated rings. The highest BCUT2D eigenvalue weighted by atomic mass is 16.5. The van der Waals surface area contributed by atoms with Gasteiger partial charge in [-0.2, -0.15) is 0 Å². The molecule has 0 aliphatic rings. The maximum Gasteiger partial charge on any atom is 0.264 e. The Kier molecular flexibility index (Phi) is 5.96. The first-order chi connectivity index (χ1) is 18.2. The van der Waals surface area contributed by atoms with Crippen molar-refractivity contribution in [2.45, 2.75) is 6.54 Å². The number of imidazole rings is 2. The van der Waals surface area contributed by atoms with Crippen molar-refractivity contribution in [1.82, 2.24) is 19.9 Å². The second-order valence-electron chi connectivity index (χ2n) is 8.62. The predicted octanol–water partition coefficient (Wildman–Crippen LogP) is 5.74. The highest BCUT2D eigenvalue weighted by Gasteiger charge is 2.08. The number of nitrogens with zero attached hydrogens (tertiary/aromatic N) is 2. The summed E-state index contributed by atoms with van der Waals surface area (Å²) in [5, 5.41) is 6.15. The van der Waals surface area contributed by atoms with Crippen LogP contribution in [0.4, 0.5) is 11.6 Å². The number of aromatic nitrogens is 4. The van der Waals surface area contributed by atoms with Gasteiger partial charge in [-0.1, -0.05) is 36.4 Å². The van der Waals surface area contributed by atoms with Gasteiger partial charge in [0.05, 0.1) is 22.1 Å². The molecule has 2 heterocycles. The highest BCUT2D eigenvalue weighted by molar-refractivity contribution is 5.92. The molecule has 0 saturated heterocycles. The Bertz CT molecular complexity index is 1600. The first-order valence-corrected chi connectivity index (χ1v) is 11.9. The van der Waals surface area contributed by atoms with Crippen molar-refractivity contribution in [3.63, 3.8) is 0 Å². The van der Waals surface area contributed by atoms with Gasteiger partial charge in [0.25, 0.3) is 5.91 Å². The number of para-hydroxylation sites is 4. The van der Waals surface area contributed by atoms with E-state index < -0.39 is 0 Å². The Morgan fingerprint density at radius 2 is 1.43 bits per heavy atom. The van der Waals surface area contributed by atoms with Crippen molar-refractivity contribution in [3.05, 3.63) is 103 Å². The summed E-state index contributed by atoms with van der Waals surface area (Å²) in [6.07, 6.45) is 0. The fourth-order valence-electron chi connectivity index (χ4n) is 4.07. The lowest BCUT2D eigenvalue weighted by molar-refractivity contribution is -0.118. The highest BCUT2D eigenvalue weighted by Crippen LogP contribution is 2.22. The molecular weight excluding hydrogens is 464 g/mol. The van der Waals surface area contributed by atoms with Crippen LogP contribution in [-0.2, 0) is 11.3 Å². The molecule has 0 unspecified atom stereocenters. The number of carbonyl (C=O) groups excluding carboxylic acids is 1. The Balaban J connectivity index is 0.992. The van der Waals surface area contributed by atoms with E-state index in [0.29, 0.717) is 18.2 Å². The molecule has 0 aliphatic heterocycles. The zero-order chi connectivity index (χ0) is 25.0. The van der Waals surface area contributed by atoms with Gasteiger partial charge in [-0.05, 0) is 66.2 Å².